The molecule has 0 spiro atoms. The molecule has 1 aliphatic heterocycles. The van der Waals surface area contributed by atoms with Gasteiger partial charge < -0.3 is 5.73 Å². The molecule has 0 radical (unpaired) electrons. The Hall–Kier alpha value is -1.11. The number of hydrogen-bond donors (Lipinski definition) is 1. The first-order valence-electron chi connectivity index (χ1n) is 6.61. The van der Waals surface area contributed by atoms with E-state index in [1.165, 1.54) is 9.87 Å². The Balaban J connectivity index is 2.26. The molecule has 1 aliphatic rings. The first-order valence-corrected chi connectivity index (χ1v) is 8.01. The highest BCUT2D eigenvalue weighted by atomic mass is 32.2. The summed E-state index contributed by atoms with van der Waals surface area (Å²) in [5.41, 5.74) is 8.66. The quantitative estimate of drug-likeness (QED) is 0.845. The molecule has 1 aromatic rings. The topological polar surface area (TPSA) is 66.6 Å². The number of nitrogen functional groups attached to an aromatic ring is 1. The second-order valence-corrected chi connectivity index (χ2v) is 6.63. The van der Waals surface area contributed by atoms with Gasteiger partial charge in [0.25, 0.3) is 10.2 Å². The molecule has 2 rings (SSSR count). The summed E-state index contributed by atoms with van der Waals surface area (Å²) in [6.45, 7) is 5.67. The van der Waals surface area contributed by atoms with Crippen LogP contribution in [0.4, 0.5) is 5.69 Å². The standard InChI is InChI=1S/C13H21N3O2S/c1-3-15(4-2)19(17,18)16-8-7-11-5-6-13(14)9-12(11)10-16/h5-6,9H,3-4,7-8,10,14H2,1-2H3. The monoisotopic (exact) mass is 283 g/mol. The maximum absolute atomic E-state index is 12.5. The molecule has 19 heavy (non-hydrogen) atoms. The van der Waals surface area contributed by atoms with Crippen molar-refractivity contribution in [2.24, 2.45) is 0 Å². The molecule has 0 bridgehead atoms. The maximum Gasteiger partial charge on any atom is 0.282 e. The molecule has 0 saturated heterocycles. The average molecular weight is 283 g/mol. The zero-order valence-electron chi connectivity index (χ0n) is 11.5. The van der Waals surface area contributed by atoms with Gasteiger partial charge in [-0.3, -0.25) is 0 Å². The first kappa shape index (κ1) is 14.3. The number of fused-ring (bicyclic) bond motifs is 1. The minimum absolute atomic E-state index is 0.416. The van der Waals surface area contributed by atoms with Gasteiger partial charge in [-0.2, -0.15) is 17.0 Å². The SMILES string of the molecule is CCN(CC)S(=O)(=O)N1CCc2ccc(N)cc2C1. The van der Waals surface area contributed by atoms with Gasteiger partial charge in [-0.1, -0.05) is 19.9 Å². The molecule has 106 valence electrons. The lowest BCUT2D eigenvalue weighted by Crippen LogP contribution is -2.45. The van der Waals surface area contributed by atoms with Crippen molar-refractivity contribution in [2.45, 2.75) is 26.8 Å². The predicted octanol–water partition coefficient (Wildman–Crippen LogP) is 1.21. The first-order chi connectivity index (χ1) is 8.98. The van der Waals surface area contributed by atoms with Crippen LogP contribution in [0.25, 0.3) is 0 Å². The van der Waals surface area contributed by atoms with Crippen LogP contribution in [0.1, 0.15) is 25.0 Å². The van der Waals surface area contributed by atoms with Gasteiger partial charge in [-0.25, -0.2) is 0 Å². The van der Waals surface area contributed by atoms with Gasteiger partial charge in [0.15, 0.2) is 0 Å². The summed E-state index contributed by atoms with van der Waals surface area (Å²) in [5, 5.41) is 0. The average Bonchev–Trinajstić information content (AvgIpc) is 2.38. The fourth-order valence-corrected chi connectivity index (χ4v) is 4.06. The van der Waals surface area contributed by atoms with Crippen molar-refractivity contribution in [1.82, 2.24) is 8.61 Å². The summed E-state index contributed by atoms with van der Waals surface area (Å²) in [4.78, 5) is 0. The highest BCUT2D eigenvalue weighted by Gasteiger charge is 2.30. The van der Waals surface area contributed by atoms with Gasteiger partial charge in [0.2, 0.25) is 0 Å². The summed E-state index contributed by atoms with van der Waals surface area (Å²) in [6, 6.07) is 5.73. The molecular formula is C13H21N3O2S. The van der Waals surface area contributed by atoms with Crippen LogP contribution < -0.4 is 5.73 Å². The van der Waals surface area contributed by atoms with Crippen LogP contribution in [-0.2, 0) is 23.2 Å². The summed E-state index contributed by atoms with van der Waals surface area (Å²) in [6.07, 6.45) is 0.746. The summed E-state index contributed by atoms with van der Waals surface area (Å²) in [5.74, 6) is 0. The Labute approximate surface area is 115 Å². The number of nitrogens with two attached hydrogens (primary N) is 1. The highest BCUT2D eigenvalue weighted by Crippen LogP contribution is 2.24. The van der Waals surface area contributed by atoms with E-state index in [2.05, 4.69) is 0 Å². The molecule has 0 amide bonds. The molecular weight excluding hydrogens is 262 g/mol. The second-order valence-electron chi connectivity index (χ2n) is 4.70. The van der Waals surface area contributed by atoms with Crippen LogP contribution in [0.2, 0.25) is 0 Å². The van der Waals surface area contributed by atoms with Crippen molar-refractivity contribution in [2.75, 3.05) is 25.4 Å². The molecule has 0 atom stereocenters. The molecule has 0 aromatic heterocycles. The summed E-state index contributed by atoms with van der Waals surface area (Å²) in [7, 11) is -3.35. The third kappa shape index (κ3) is 2.75. The Morgan fingerprint density at radius 1 is 1.26 bits per heavy atom. The van der Waals surface area contributed by atoms with E-state index in [0.29, 0.717) is 31.9 Å². The number of anilines is 1. The molecule has 2 N–H and O–H groups in total. The molecule has 0 unspecified atom stereocenters. The van der Waals surface area contributed by atoms with Crippen LogP contribution in [-0.4, -0.2) is 36.7 Å². The Kier molecular flexibility index (Phi) is 4.13. The van der Waals surface area contributed by atoms with Gasteiger partial charge in [0.1, 0.15) is 0 Å². The molecule has 1 heterocycles. The smallest absolute Gasteiger partial charge is 0.282 e. The van der Waals surface area contributed by atoms with Crippen LogP contribution in [0.5, 0.6) is 0 Å². The van der Waals surface area contributed by atoms with Crippen LogP contribution in [0.15, 0.2) is 18.2 Å². The van der Waals surface area contributed by atoms with Crippen LogP contribution in [0, 0.1) is 0 Å². The third-order valence-electron chi connectivity index (χ3n) is 3.57. The second kappa shape index (κ2) is 5.48. The Morgan fingerprint density at radius 2 is 1.95 bits per heavy atom. The lowest BCUT2D eigenvalue weighted by Gasteiger charge is -2.32. The van der Waals surface area contributed by atoms with E-state index in [1.807, 2.05) is 32.0 Å². The zero-order chi connectivity index (χ0) is 14.0. The van der Waals surface area contributed by atoms with E-state index < -0.39 is 10.2 Å². The van der Waals surface area contributed by atoms with Crippen molar-refractivity contribution in [1.29, 1.82) is 0 Å². The van der Waals surface area contributed by atoms with Gasteiger partial charge >= 0.3 is 0 Å². The van der Waals surface area contributed by atoms with E-state index in [9.17, 15) is 8.42 Å². The fourth-order valence-electron chi connectivity index (χ4n) is 2.46. The van der Waals surface area contributed by atoms with E-state index in [0.717, 1.165) is 12.0 Å². The van der Waals surface area contributed by atoms with Gasteiger partial charge in [-0.05, 0) is 29.7 Å². The van der Waals surface area contributed by atoms with Crippen molar-refractivity contribution in [3.8, 4) is 0 Å². The van der Waals surface area contributed by atoms with E-state index in [1.54, 1.807) is 4.31 Å². The lowest BCUT2D eigenvalue weighted by atomic mass is 10.0. The fraction of sp³-hybridized carbons (Fsp3) is 0.538. The van der Waals surface area contributed by atoms with Gasteiger partial charge in [0, 0.05) is 31.9 Å². The Morgan fingerprint density at radius 3 is 2.58 bits per heavy atom. The minimum atomic E-state index is -3.35. The molecule has 0 aliphatic carbocycles. The van der Waals surface area contributed by atoms with Gasteiger partial charge in [-0.15, -0.1) is 0 Å². The third-order valence-corrected chi connectivity index (χ3v) is 5.70. The minimum Gasteiger partial charge on any atom is -0.399 e. The van der Waals surface area contributed by atoms with Crippen molar-refractivity contribution in [3.63, 3.8) is 0 Å². The lowest BCUT2D eigenvalue weighted by molar-refractivity contribution is 0.335. The number of hydrogen-bond acceptors (Lipinski definition) is 3. The largest absolute Gasteiger partial charge is 0.399 e. The van der Waals surface area contributed by atoms with Gasteiger partial charge in [0.05, 0.1) is 0 Å². The maximum atomic E-state index is 12.5. The van der Waals surface area contributed by atoms with Crippen LogP contribution >= 0.6 is 0 Å². The molecule has 6 heteroatoms. The van der Waals surface area contributed by atoms with E-state index >= 15 is 0 Å². The van der Waals surface area contributed by atoms with E-state index in [4.69, 9.17) is 5.73 Å². The number of nitrogens with zero attached hydrogens (tertiary/aromatic N) is 2. The molecule has 0 saturated carbocycles. The summed E-state index contributed by atoms with van der Waals surface area (Å²) >= 11 is 0. The number of benzene rings is 1. The predicted molar refractivity (Wildman–Crippen MR) is 76.8 cm³/mol. The van der Waals surface area contributed by atoms with Crippen molar-refractivity contribution < 1.29 is 8.42 Å². The highest BCUT2D eigenvalue weighted by molar-refractivity contribution is 7.86. The molecule has 1 aromatic carbocycles. The zero-order valence-corrected chi connectivity index (χ0v) is 12.3. The summed E-state index contributed by atoms with van der Waals surface area (Å²) < 4.78 is 28.0. The van der Waals surface area contributed by atoms with Crippen LogP contribution in [0.3, 0.4) is 0 Å². The molecule has 0 fully saturated rings. The van der Waals surface area contributed by atoms with Crippen molar-refractivity contribution in [3.05, 3.63) is 29.3 Å². The normalized spacial score (nSPS) is 16.6. The number of rotatable bonds is 4. The van der Waals surface area contributed by atoms with Crippen molar-refractivity contribution >= 4 is 15.9 Å². The van der Waals surface area contributed by atoms with E-state index in [-0.39, 0.29) is 0 Å². The molecule has 5 nitrogen and oxygen atoms in total. The Bertz CT molecular complexity index is 553.